The zero-order valence-electron chi connectivity index (χ0n) is 23.5. The number of hydrogen-bond acceptors (Lipinski definition) is 6. The quantitative estimate of drug-likeness (QED) is 0.343. The number of aromatic nitrogens is 4. The molecule has 39 heavy (non-hydrogen) atoms. The van der Waals surface area contributed by atoms with E-state index in [9.17, 15) is 9.90 Å². The Morgan fingerprint density at radius 1 is 1.10 bits per heavy atom. The monoisotopic (exact) mass is 546 g/mol. The van der Waals surface area contributed by atoms with Crippen molar-refractivity contribution in [3.8, 4) is 0 Å². The van der Waals surface area contributed by atoms with Crippen LogP contribution in [0, 0.1) is 12.8 Å². The molecule has 5 rings (SSSR count). The van der Waals surface area contributed by atoms with E-state index >= 15 is 0 Å². The fourth-order valence-corrected chi connectivity index (χ4v) is 10.7. The van der Waals surface area contributed by atoms with Gasteiger partial charge in [-0.05, 0) is 28.8 Å². The fraction of sp³-hybridized carbons (Fsp3) is 0.433. The highest BCUT2D eigenvalue weighted by Gasteiger charge is 2.56. The SMILES string of the molecule is CC[C@@]1(CO[Si](c2ccccc2)(c2ccccc2)C(C)(C)C)O[C@@H](n2cnc3c(=O)[nH]c(C)nc32)[C@H](O)[C@@H]1C. The van der Waals surface area contributed by atoms with E-state index in [2.05, 4.69) is 91.2 Å². The van der Waals surface area contributed by atoms with Crippen LogP contribution in [0.2, 0.25) is 5.04 Å². The summed E-state index contributed by atoms with van der Waals surface area (Å²) in [6, 6.07) is 21.0. The Labute approximate surface area is 230 Å². The number of aromatic amines is 1. The Morgan fingerprint density at radius 3 is 2.23 bits per heavy atom. The summed E-state index contributed by atoms with van der Waals surface area (Å²) in [4.78, 5) is 23.9. The van der Waals surface area contributed by atoms with Gasteiger partial charge in [0.1, 0.15) is 11.9 Å². The summed E-state index contributed by atoms with van der Waals surface area (Å²) in [7, 11) is -2.82. The molecule has 4 atom stereocenters. The van der Waals surface area contributed by atoms with Gasteiger partial charge >= 0.3 is 0 Å². The van der Waals surface area contributed by atoms with Gasteiger partial charge in [-0.1, -0.05) is 95.3 Å². The number of benzene rings is 2. The number of fused-ring (bicyclic) bond motifs is 1. The number of H-pyrrole nitrogens is 1. The van der Waals surface area contributed by atoms with Crippen LogP contribution in [0.25, 0.3) is 11.2 Å². The lowest BCUT2D eigenvalue weighted by Gasteiger charge is -2.45. The van der Waals surface area contributed by atoms with Crippen molar-refractivity contribution in [2.45, 2.75) is 70.9 Å². The maximum Gasteiger partial charge on any atom is 0.279 e. The Balaban J connectivity index is 1.56. The number of aliphatic hydroxyl groups is 1. The zero-order chi connectivity index (χ0) is 28.0. The van der Waals surface area contributed by atoms with Crippen molar-refractivity contribution in [3.05, 3.63) is 83.2 Å². The van der Waals surface area contributed by atoms with E-state index in [1.54, 1.807) is 11.5 Å². The topological polar surface area (TPSA) is 102 Å². The van der Waals surface area contributed by atoms with Crippen LogP contribution in [0.1, 0.15) is 53.1 Å². The van der Waals surface area contributed by atoms with E-state index in [1.165, 1.54) is 16.7 Å². The third kappa shape index (κ3) is 4.47. The van der Waals surface area contributed by atoms with Gasteiger partial charge in [0.15, 0.2) is 17.4 Å². The van der Waals surface area contributed by atoms with Crippen LogP contribution >= 0.6 is 0 Å². The normalized spacial score (nSPS) is 23.9. The van der Waals surface area contributed by atoms with Crippen molar-refractivity contribution in [1.29, 1.82) is 0 Å². The Bertz CT molecular complexity index is 1460. The molecule has 1 saturated heterocycles. The largest absolute Gasteiger partial charge is 0.404 e. The van der Waals surface area contributed by atoms with Crippen LogP contribution in [0.15, 0.2) is 71.8 Å². The molecule has 0 bridgehead atoms. The molecule has 9 heteroatoms. The summed E-state index contributed by atoms with van der Waals surface area (Å²) in [6.45, 7) is 12.9. The summed E-state index contributed by atoms with van der Waals surface area (Å²) in [5.41, 5.74) is -0.452. The molecule has 1 aliphatic rings. The van der Waals surface area contributed by atoms with Crippen LogP contribution in [0.4, 0.5) is 0 Å². The van der Waals surface area contributed by atoms with Crippen molar-refractivity contribution in [1.82, 2.24) is 19.5 Å². The van der Waals surface area contributed by atoms with Gasteiger partial charge in [0.25, 0.3) is 13.9 Å². The number of hydrogen-bond donors (Lipinski definition) is 2. The van der Waals surface area contributed by atoms with Crippen LogP contribution < -0.4 is 15.9 Å². The number of rotatable bonds is 7. The average Bonchev–Trinajstić information content (AvgIpc) is 3.44. The van der Waals surface area contributed by atoms with E-state index in [-0.39, 0.29) is 22.0 Å². The minimum atomic E-state index is -2.82. The third-order valence-corrected chi connectivity index (χ3v) is 13.3. The van der Waals surface area contributed by atoms with E-state index in [0.29, 0.717) is 24.5 Å². The van der Waals surface area contributed by atoms with Crippen LogP contribution in [-0.4, -0.2) is 51.3 Å². The second-order valence-corrected chi connectivity index (χ2v) is 15.9. The first-order valence-corrected chi connectivity index (χ1v) is 15.5. The molecule has 2 aromatic carbocycles. The lowest BCUT2D eigenvalue weighted by molar-refractivity contribution is -0.112. The molecule has 206 valence electrons. The molecule has 0 saturated carbocycles. The molecule has 3 heterocycles. The van der Waals surface area contributed by atoms with Gasteiger partial charge in [0, 0.05) is 5.92 Å². The predicted molar refractivity (Wildman–Crippen MR) is 155 cm³/mol. The molecular weight excluding hydrogens is 508 g/mol. The van der Waals surface area contributed by atoms with Gasteiger partial charge in [0.05, 0.1) is 18.5 Å². The molecule has 0 spiro atoms. The standard InChI is InChI=1S/C30H38N4O4Si/c1-7-30(20(2)25(35)28(38-30)34-19-31-24-26(34)32-21(3)33-27(24)36)18-37-39(29(4,5)6,22-14-10-8-11-15-22)23-16-12-9-13-17-23/h8-17,19-20,25,28,35H,7,18H2,1-6H3,(H,32,33,36)/t20-,25+,28+,30-/m0/s1. The third-order valence-electron chi connectivity index (χ3n) is 8.36. The molecule has 0 aliphatic carbocycles. The molecule has 2 N–H and O–H groups in total. The molecule has 0 unspecified atom stereocenters. The Morgan fingerprint density at radius 2 is 1.69 bits per heavy atom. The minimum absolute atomic E-state index is 0.187. The number of nitrogens with one attached hydrogen (secondary N) is 1. The second-order valence-electron chi connectivity index (χ2n) is 11.6. The maximum absolute atomic E-state index is 12.4. The molecule has 1 aliphatic heterocycles. The first-order chi connectivity index (χ1) is 18.5. The summed E-state index contributed by atoms with van der Waals surface area (Å²) in [6.07, 6.45) is 0.578. The number of aryl methyl sites for hydroxylation is 1. The molecule has 8 nitrogen and oxygen atoms in total. The van der Waals surface area contributed by atoms with Gasteiger partial charge in [0.2, 0.25) is 0 Å². The smallest absolute Gasteiger partial charge is 0.279 e. The average molecular weight is 547 g/mol. The molecule has 1 fully saturated rings. The lowest BCUT2D eigenvalue weighted by atomic mass is 9.85. The predicted octanol–water partition coefficient (Wildman–Crippen LogP) is 3.68. The Hall–Kier alpha value is -3.11. The summed E-state index contributed by atoms with van der Waals surface area (Å²) in [5.74, 6) is 0.234. The van der Waals surface area contributed by atoms with Crippen LogP contribution in [0.3, 0.4) is 0 Å². The fourth-order valence-electron chi connectivity index (χ4n) is 6.08. The van der Waals surface area contributed by atoms with Gasteiger partial charge in [-0.15, -0.1) is 0 Å². The highest BCUT2D eigenvalue weighted by atomic mass is 28.4. The Kier molecular flexibility index (Phi) is 7.13. The van der Waals surface area contributed by atoms with E-state index in [0.717, 1.165) is 0 Å². The highest BCUT2D eigenvalue weighted by Crippen LogP contribution is 2.46. The number of aliphatic hydroxyl groups excluding tert-OH is 1. The molecule has 2 aromatic heterocycles. The van der Waals surface area contributed by atoms with E-state index in [1.807, 2.05) is 19.1 Å². The number of nitrogens with zero attached hydrogens (tertiary/aromatic N) is 3. The first-order valence-electron chi connectivity index (χ1n) is 13.6. The highest BCUT2D eigenvalue weighted by molar-refractivity contribution is 6.99. The van der Waals surface area contributed by atoms with Gasteiger partial charge in [-0.25, -0.2) is 9.97 Å². The summed E-state index contributed by atoms with van der Waals surface area (Å²) in [5, 5.41) is 13.7. The van der Waals surface area contributed by atoms with Crippen LogP contribution in [0.5, 0.6) is 0 Å². The number of imidazole rings is 1. The lowest BCUT2D eigenvalue weighted by Crippen LogP contribution is -2.67. The molecule has 0 amide bonds. The van der Waals surface area contributed by atoms with Gasteiger partial charge in [-0.3, -0.25) is 9.36 Å². The minimum Gasteiger partial charge on any atom is -0.404 e. The van der Waals surface area contributed by atoms with Crippen molar-refractivity contribution >= 4 is 29.9 Å². The second kappa shape index (κ2) is 10.1. The molecular formula is C30H38N4O4Si. The van der Waals surface area contributed by atoms with Gasteiger partial charge in [-0.2, -0.15) is 0 Å². The zero-order valence-corrected chi connectivity index (χ0v) is 24.5. The van der Waals surface area contributed by atoms with Gasteiger partial charge < -0.3 is 19.3 Å². The summed E-state index contributed by atoms with van der Waals surface area (Å²) < 4.78 is 15.7. The first kappa shape index (κ1) is 27.5. The van der Waals surface area contributed by atoms with Crippen molar-refractivity contribution in [2.24, 2.45) is 5.92 Å². The van der Waals surface area contributed by atoms with E-state index in [4.69, 9.17) is 9.16 Å². The van der Waals surface area contributed by atoms with Crippen molar-refractivity contribution in [2.75, 3.05) is 6.61 Å². The van der Waals surface area contributed by atoms with Crippen molar-refractivity contribution < 1.29 is 14.3 Å². The number of ether oxygens (including phenoxy) is 1. The van der Waals surface area contributed by atoms with E-state index < -0.39 is 26.3 Å². The molecule has 4 aromatic rings. The maximum atomic E-state index is 12.4. The van der Waals surface area contributed by atoms with Crippen LogP contribution in [-0.2, 0) is 9.16 Å². The van der Waals surface area contributed by atoms with Crippen molar-refractivity contribution in [3.63, 3.8) is 0 Å². The molecule has 0 radical (unpaired) electrons. The summed E-state index contributed by atoms with van der Waals surface area (Å²) >= 11 is 0.